The molecule has 4 aliphatic carbocycles. The van der Waals surface area contributed by atoms with E-state index in [-0.39, 0.29) is 12.2 Å². The molecule has 0 spiro atoms. The van der Waals surface area contributed by atoms with Gasteiger partial charge in [-0.1, -0.05) is 20.8 Å². The first-order chi connectivity index (χ1) is 12.3. The highest BCUT2D eigenvalue weighted by atomic mass is 16.3. The number of fused-ring (bicyclic) bond motifs is 5. The predicted octanol–water partition coefficient (Wildman–Crippen LogP) is 4.00. The molecular formula is C23H40O3. The summed E-state index contributed by atoms with van der Waals surface area (Å²) in [5.74, 6) is 3.52. The summed E-state index contributed by atoms with van der Waals surface area (Å²) >= 11 is 0. The van der Waals surface area contributed by atoms with Gasteiger partial charge in [0.25, 0.3) is 0 Å². The zero-order valence-corrected chi connectivity index (χ0v) is 17.0. The van der Waals surface area contributed by atoms with Crippen molar-refractivity contribution in [3.05, 3.63) is 0 Å². The first-order valence-corrected chi connectivity index (χ1v) is 11.3. The highest BCUT2D eigenvalue weighted by Gasteiger charge is 2.62. The van der Waals surface area contributed by atoms with E-state index in [1.807, 2.05) is 0 Å². The van der Waals surface area contributed by atoms with Crippen LogP contribution in [0.3, 0.4) is 0 Å². The fourth-order valence-corrected chi connectivity index (χ4v) is 8.58. The molecule has 0 heterocycles. The monoisotopic (exact) mass is 364 g/mol. The highest BCUT2D eigenvalue weighted by molar-refractivity contribution is 5.11. The van der Waals surface area contributed by atoms with Crippen molar-refractivity contribution < 1.29 is 15.3 Å². The van der Waals surface area contributed by atoms with Gasteiger partial charge in [-0.15, -0.1) is 0 Å². The van der Waals surface area contributed by atoms with Gasteiger partial charge in [0.1, 0.15) is 0 Å². The van der Waals surface area contributed by atoms with Gasteiger partial charge in [-0.2, -0.15) is 0 Å². The van der Waals surface area contributed by atoms with Gasteiger partial charge in [-0.25, -0.2) is 0 Å². The van der Waals surface area contributed by atoms with E-state index in [1.54, 1.807) is 0 Å². The van der Waals surface area contributed by atoms with Crippen molar-refractivity contribution in [2.45, 2.75) is 90.8 Å². The molecule has 0 aromatic rings. The van der Waals surface area contributed by atoms with E-state index in [0.717, 1.165) is 32.1 Å². The maximum atomic E-state index is 11.2. The van der Waals surface area contributed by atoms with Crippen molar-refractivity contribution in [3.8, 4) is 0 Å². The molecule has 26 heavy (non-hydrogen) atoms. The molecule has 4 fully saturated rings. The van der Waals surface area contributed by atoms with Crippen molar-refractivity contribution >= 4 is 0 Å². The quantitative estimate of drug-likeness (QED) is 0.709. The van der Waals surface area contributed by atoms with Crippen LogP contribution in [-0.4, -0.2) is 34.1 Å². The maximum absolute atomic E-state index is 11.2. The summed E-state index contributed by atoms with van der Waals surface area (Å²) in [6.45, 7) is 7.62. The molecule has 3 N–H and O–H groups in total. The summed E-state index contributed by atoms with van der Waals surface area (Å²) in [7, 11) is 0. The Morgan fingerprint density at radius 1 is 0.923 bits per heavy atom. The molecular weight excluding hydrogens is 324 g/mol. The summed E-state index contributed by atoms with van der Waals surface area (Å²) in [5, 5.41) is 30.8. The Hall–Kier alpha value is -0.120. The Morgan fingerprint density at radius 2 is 1.62 bits per heavy atom. The van der Waals surface area contributed by atoms with Crippen molar-refractivity contribution in [1.82, 2.24) is 0 Å². The third-order valence-corrected chi connectivity index (χ3v) is 10.0. The number of aliphatic hydroxyl groups excluding tert-OH is 3. The van der Waals surface area contributed by atoms with Gasteiger partial charge in [0.05, 0.1) is 12.2 Å². The molecule has 0 aromatic heterocycles. The van der Waals surface area contributed by atoms with Crippen LogP contribution in [0.5, 0.6) is 0 Å². The summed E-state index contributed by atoms with van der Waals surface area (Å²) in [4.78, 5) is 0. The van der Waals surface area contributed by atoms with Gasteiger partial charge >= 0.3 is 0 Å². The summed E-state index contributed by atoms with van der Waals surface area (Å²) in [6.07, 6.45) is 9.55. The molecule has 150 valence electrons. The molecule has 4 aliphatic rings. The van der Waals surface area contributed by atoms with Crippen LogP contribution in [-0.2, 0) is 0 Å². The Kier molecular flexibility index (Phi) is 4.98. The zero-order chi connectivity index (χ0) is 18.7. The highest BCUT2D eigenvalue weighted by Crippen LogP contribution is 2.68. The topological polar surface area (TPSA) is 60.7 Å². The number of rotatable bonds is 3. The van der Waals surface area contributed by atoms with E-state index in [9.17, 15) is 15.3 Å². The van der Waals surface area contributed by atoms with Crippen LogP contribution in [0.2, 0.25) is 0 Å². The van der Waals surface area contributed by atoms with Crippen LogP contribution in [0.15, 0.2) is 0 Å². The Labute approximate surface area is 159 Å². The largest absolute Gasteiger partial charge is 0.396 e. The van der Waals surface area contributed by atoms with E-state index in [4.69, 9.17) is 0 Å². The lowest BCUT2D eigenvalue weighted by atomic mass is 9.43. The van der Waals surface area contributed by atoms with E-state index in [1.165, 1.54) is 25.7 Å². The van der Waals surface area contributed by atoms with Crippen LogP contribution in [0.25, 0.3) is 0 Å². The van der Waals surface area contributed by atoms with Gasteiger partial charge in [0, 0.05) is 6.61 Å². The van der Waals surface area contributed by atoms with Crippen molar-refractivity contribution in [2.75, 3.05) is 6.61 Å². The molecule has 3 heteroatoms. The van der Waals surface area contributed by atoms with Crippen molar-refractivity contribution in [3.63, 3.8) is 0 Å². The van der Waals surface area contributed by atoms with Crippen LogP contribution in [0.4, 0.5) is 0 Å². The summed E-state index contributed by atoms with van der Waals surface area (Å²) in [6, 6.07) is 0. The minimum Gasteiger partial charge on any atom is -0.396 e. The number of aliphatic hydroxyl groups is 3. The third kappa shape index (κ3) is 2.71. The zero-order valence-electron chi connectivity index (χ0n) is 17.0. The fourth-order valence-electron chi connectivity index (χ4n) is 8.58. The summed E-state index contributed by atoms with van der Waals surface area (Å²) < 4.78 is 0. The van der Waals surface area contributed by atoms with E-state index >= 15 is 0 Å². The first-order valence-electron chi connectivity index (χ1n) is 11.3. The minimum atomic E-state index is -0.181. The molecule has 4 saturated carbocycles. The van der Waals surface area contributed by atoms with Gasteiger partial charge < -0.3 is 15.3 Å². The average Bonchev–Trinajstić information content (AvgIpc) is 2.94. The molecule has 0 bridgehead atoms. The molecule has 10 atom stereocenters. The first kappa shape index (κ1) is 19.2. The number of hydrogen-bond acceptors (Lipinski definition) is 3. The second-order valence-corrected chi connectivity index (χ2v) is 10.9. The molecule has 4 rings (SSSR count). The SMILES string of the molecule is C[C@H](CCO)[C@H]1CCC2C3C(CCC21C)[C@@]1(C)CC[C@@H](O)C[C@H]1C[C@@H]3O. The van der Waals surface area contributed by atoms with Crippen LogP contribution in [0, 0.1) is 46.3 Å². The van der Waals surface area contributed by atoms with Gasteiger partial charge in [-0.05, 0) is 104 Å². The lowest BCUT2D eigenvalue weighted by Gasteiger charge is -2.62. The van der Waals surface area contributed by atoms with Crippen molar-refractivity contribution in [2.24, 2.45) is 46.3 Å². The molecule has 0 aliphatic heterocycles. The molecule has 3 nitrogen and oxygen atoms in total. The molecule has 0 saturated heterocycles. The fraction of sp³-hybridized carbons (Fsp3) is 1.00. The minimum absolute atomic E-state index is 0.152. The second kappa shape index (κ2) is 6.74. The van der Waals surface area contributed by atoms with E-state index in [0.29, 0.717) is 52.9 Å². The summed E-state index contributed by atoms with van der Waals surface area (Å²) in [5.41, 5.74) is 0.660. The lowest BCUT2D eigenvalue weighted by Crippen LogP contribution is -2.58. The second-order valence-electron chi connectivity index (χ2n) is 10.9. The Morgan fingerprint density at radius 3 is 2.35 bits per heavy atom. The van der Waals surface area contributed by atoms with Crippen LogP contribution in [0.1, 0.15) is 78.6 Å². The van der Waals surface area contributed by atoms with E-state index in [2.05, 4.69) is 20.8 Å². The standard InChI is InChI=1S/C23H40O3/c1-14(8-11-24)17-4-5-18-21-19(7-10-23(17,18)3)22(2)9-6-16(25)12-15(22)13-20(21)26/h14-21,24-26H,4-13H2,1-3H3/t14-,15+,16-,17-,18?,19?,20+,21?,22+,23?/m1/s1. The lowest BCUT2D eigenvalue weighted by molar-refractivity contribution is -0.174. The maximum Gasteiger partial charge on any atom is 0.0577 e. The molecule has 0 aromatic carbocycles. The average molecular weight is 365 g/mol. The Balaban J connectivity index is 1.61. The van der Waals surface area contributed by atoms with Gasteiger partial charge in [0.15, 0.2) is 0 Å². The smallest absolute Gasteiger partial charge is 0.0577 e. The van der Waals surface area contributed by atoms with Crippen LogP contribution >= 0.6 is 0 Å². The van der Waals surface area contributed by atoms with Gasteiger partial charge in [0.2, 0.25) is 0 Å². The Bertz CT molecular complexity index is 522. The van der Waals surface area contributed by atoms with Gasteiger partial charge in [-0.3, -0.25) is 0 Å². The van der Waals surface area contributed by atoms with E-state index < -0.39 is 0 Å². The molecule has 0 amide bonds. The van der Waals surface area contributed by atoms with Crippen LogP contribution < -0.4 is 0 Å². The van der Waals surface area contributed by atoms with Crippen molar-refractivity contribution in [1.29, 1.82) is 0 Å². The molecule has 0 radical (unpaired) electrons. The number of hydrogen-bond donors (Lipinski definition) is 3. The third-order valence-electron chi connectivity index (χ3n) is 10.0. The molecule has 4 unspecified atom stereocenters. The normalized spacial score (nSPS) is 54.9. The predicted molar refractivity (Wildman–Crippen MR) is 103 cm³/mol.